The first-order chi connectivity index (χ1) is 17.7. The van der Waals surface area contributed by atoms with Crippen molar-refractivity contribution < 1.29 is 14.3 Å². The van der Waals surface area contributed by atoms with Crippen molar-refractivity contribution in [3.05, 3.63) is 35.9 Å². The Kier molecular flexibility index (Phi) is 7.46. The quantitative estimate of drug-likeness (QED) is 0.630. The SMILES string of the molecule is O=C(CN1CCC(c2ccccc2)CC1)NC1C(C(=O)C2CC2)CC2CCC(N3CCOCC3)CC21. The van der Waals surface area contributed by atoms with Crippen molar-refractivity contribution in [2.75, 3.05) is 45.9 Å². The van der Waals surface area contributed by atoms with Crippen molar-refractivity contribution in [2.24, 2.45) is 23.7 Å². The molecule has 0 bridgehead atoms. The number of carbonyl (C=O) groups excluding carboxylic acids is 2. The monoisotopic (exact) mass is 493 g/mol. The molecule has 5 atom stereocenters. The average Bonchev–Trinajstić information content (AvgIpc) is 3.72. The normalized spacial score (nSPS) is 34.3. The Labute approximate surface area is 216 Å². The Morgan fingerprint density at radius 3 is 2.36 bits per heavy atom. The van der Waals surface area contributed by atoms with Gasteiger partial charge >= 0.3 is 0 Å². The summed E-state index contributed by atoms with van der Waals surface area (Å²) in [6, 6.07) is 11.4. The van der Waals surface area contributed by atoms with E-state index in [9.17, 15) is 9.59 Å². The predicted molar refractivity (Wildman–Crippen MR) is 140 cm³/mol. The Morgan fingerprint density at radius 1 is 0.889 bits per heavy atom. The third kappa shape index (κ3) is 5.41. The van der Waals surface area contributed by atoms with Crippen molar-refractivity contribution >= 4 is 11.7 Å². The van der Waals surface area contributed by atoms with E-state index in [1.165, 1.54) is 18.4 Å². The second-order valence-electron chi connectivity index (χ2n) is 12.1. The standard InChI is InChI=1S/C30H43N3O3/c34-28(20-32-12-10-22(11-13-32)21-4-2-1-3-5-21)31-29-26-19-25(33-14-16-36-17-15-33)9-8-24(26)18-27(29)30(35)23-6-7-23/h1-5,22-27,29H,6-20H2,(H,31,34). The van der Waals surface area contributed by atoms with Crippen molar-refractivity contribution in [3.63, 3.8) is 0 Å². The first-order valence-electron chi connectivity index (χ1n) is 14.6. The number of hydrogen-bond acceptors (Lipinski definition) is 5. The highest BCUT2D eigenvalue weighted by Crippen LogP contribution is 2.49. The first-order valence-corrected chi connectivity index (χ1v) is 14.6. The molecule has 5 fully saturated rings. The van der Waals surface area contributed by atoms with Crippen molar-refractivity contribution in [3.8, 4) is 0 Å². The zero-order valence-electron chi connectivity index (χ0n) is 21.7. The maximum absolute atomic E-state index is 13.3. The number of hydrogen-bond donors (Lipinski definition) is 1. The van der Waals surface area contributed by atoms with Gasteiger partial charge in [0.05, 0.1) is 19.8 Å². The number of nitrogens with one attached hydrogen (secondary N) is 1. The molecule has 2 aliphatic heterocycles. The topological polar surface area (TPSA) is 61.9 Å². The van der Waals surface area contributed by atoms with Crippen LogP contribution in [0.25, 0.3) is 0 Å². The third-order valence-corrected chi connectivity index (χ3v) is 9.93. The van der Waals surface area contributed by atoms with Gasteiger partial charge in [0, 0.05) is 37.0 Å². The van der Waals surface area contributed by atoms with Crippen LogP contribution in [0.5, 0.6) is 0 Å². The number of likely N-dealkylation sites (tertiary alicyclic amines) is 1. The van der Waals surface area contributed by atoms with Crippen LogP contribution in [0.15, 0.2) is 30.3 Å². The van der Waals surface area contributed by atoms with E-state index in [0.717, 1.165) is 77.9 Å². The molecular formula is C30H43N3O3. The Bertz CT molecular complexity index is 905. The Balaban J connectivity index is 1.08. The number of amides is 1. The predicted octanol–water partition coefficient (Wildman–Crippen LogP) is 3.47. The third-order valence-electron chi connectivity index (χ3n) is 9.93. The molecule has 6 heteroatoms. The Hall–Kier alpha value is -1.76. The van der Waals surface area contributed by atoms with Gasteiger partial charge in [-0.2, -0.15) is 0 Å². The highest BCUT2D eigenvalue weighted by atomic mass is 16.5. The summed E-state index contributed by atoms with van der Waals surface area (Å²) in [6.07, 6.45) is 8.85. The van der Waals surface area contributed by atoms with Crippen LogP contribution in [-0.2, 0) is 14.3 Å². The summed E-state index contributed by atoms with van der Waals surface area (Å²) < 4.78 is 5.59. The molecule has 3 aliphatic carbocycles. The summed E-state index contributed by atoms with van der Waals surface area (Å²) in [5.41, 5.74) is 1.42. The van der Waals surface area contributed by atoms with E-state index in [1.54, 1.807) is 0 Å². The molecule has 2 heterocycles. The number of rotatable bonds is 7. The van der Waals surface area contributed by atoms with Gasteiger partial charge in [-0.3, -0.25) is 19.4 Å². The molecule has 3 saturated carbocycles. The lowest BCUT2D eigenvalue weighted by molar-refractivity contribution is -0.127. The number of benzene rings is 1. The van der Waals surface area contributed by atoms with Crippen LogP contribution in [0.3, 0.4) is 0 Å². The maximum atomic E-state index is 13.3. The van der Waals surface area contributed by atoms with Gasteiger partial charge in [-0.15, -0.1) is 0 Å². The van der Waals surface area contributed by atoms with Crippen molar-refractivity contribution in [1.29, 1.82) is 0 Å². The minimum Gasteiger partial charge on any atom is -0.379 e. The fourth-order valence-electron chi connectivity index (χ4n) is 7.78. The number of fused-ring (bicyclic) bond motifs is 1. The molecule has 1 aromatic carbocycles. The van der Waals surface area contributed by atoms with E-state index in [-0.39, 0.29) is 23.8 Å². The molecule has 196 valence electrons. The van der Waals surface area contributed by atoms with Gasteiger partial charge in [-0.05, 0) is 87.8 Å². The highest BCUT2D eigenvalue weighted by molar-refractivity contribution is 5.87. The van der Waals surface area contributed by atoms with Crippen LogP contribution < -0.4 is 5.32 Å². The van der Waals surface area contributed by atoms with Crippen LogP contribution in [0.4, 0.5) is 0 Å². The molecule has 0 spiro atoms. The van der Waals surface area contributed by atoms with Gasteiger partial charge in [0.2, 0.25) is 5.91 Å². The summed E-state index contributed by atoms with van der Waals surface area (Å²) in [7, 11) is 0. The van der Waals surface area contributed by atoms with Gasteiger partial charge in [0.25, 0.3) is 0 Å². The minimum absolute atomic E-state index is 0.0290. The fourth-order valence-corrected chi connectivity index (χ4v) is 7.78. The number of Topliss-reactive ketones (excluding diaryl/α,β-unsaturated/α-hetero) is 1. The highest BCUT2D eigenvalue weighted by Gasteiger charge is 2.52. The molecule has 6 rings (SSSR count). The average molecular weight is 494 g/mol. The molecule has 2 saturated heterocycles. The van der Waals surface area contributed by atoms with Crippen LogP contribution in [0.1, 0.15) is 62.8 Å². The lowest BCUT2D eigenvalue weighted by Crippen LogP contribution is -2.52. The summed E-state index contributed by atoms with van der Waals surface area (Å²) >= 11 is 0. The van der Waals surface area contributed by atoms with Crippen LogP contribution >= 0.6 is 0 Å². The molecular weight excluding hydrogens is 450 g/mol. The van der Waals surface area contributed by atoms with E-state index in [1.807, 2.05) is 0 Å². The van der Waals surface area contributed by atoms with Crippen LogP contribution in [-0.4, -0.2) is 79.5 Å². The summed E-state index contributed by atoms with van der Waals surface area (Å²) in [6.45, 7) is 6.08. The second-order valence-corrected chi connectivity index (χ2v) is 12.1. The lowest BCUT2D eigenvalue weighted by Gasteiger charge is -2.42. The second kappa shape index (κ2) is 10.9. The maximum Gasteiger partial charge on any atom is 0.234 e. The molecule has 1 amide bonds. The zero-order chi connectivity index (χ0) is 24.5. The number of nitrogens with zero attached hydrogens (tertiary/aromatic N) is 2. The molecule has 5 unspecified atom stereocenters. The smallest absolute Gasteiger partial charge is 0.234 e. The molecule has 0 aromatic heterocycles. The fraction of sp³-hybridized carbons (Fsp3) is 0.733. The molecule has 5 aliphatic rings. The largest absolute Gasteiger partial charge is 0.379 e. The van der Waals surface area contributed by atoms with Gasteiger partial charge in [0.15, 0.2) is 0 Å². The molecule has 6 nitrogen and oxygen atoms in total. The van der Waals surface area contributed by atoms with Crippen LogP contribution in [0, 0.1) is 23.7 Å². The Morgan fingerprint density at radius 2 is 1.64 bits per heavy atom. The van der Waals surface area contributed by atoms with E-state index < -0.39 is 0 Å². The van der Waals surface area contributed by atoms with Gasteiger partial charge in [-0.1, -0.05) is 30.3 Å². The van der Waals surface area contributed by atoms with Gasteiger partial charge in [-0.25, -0.2) is 0 Å². The molecule has 36 heavy (non-hydrogen) atoms. The summed E-state index contributed by atoms with van der Waals surface area (Å²) in [5.74, 6) is 2.49. The number of ether oxygens (including phenoxy) is 1. The van der Waals surface area contributed by atoms with E-state index in [0.29, 0.717) is 36.1 Å². The van der Waals surface area contributed by atoms with Gasteiger partial charge < -0.3 is 10.1 Å². The summed E-state index contributed by atoms with van der Waals surface area (Å²) in [5, 5.41) is 3.46. The zero-order valence-corrected chi connectivity index (χ0v) is 21.7. The van der Waals surface area contributed by atoms with Crippen molar-refractivity contribution in [1.82, 2.24) is 15.1 Å². The van der Waals surface area contributed by atoms with Gasteiger partial charge in [0.1, 0.15) is 5.78 Å². The molecule has 1 aromatic rings. The van der Waals surface area contributed by atoms with Crippen molar-refractivity contribution in [2.45, 2.75) is 69.4 Å². The number of ketones is 1. The first kappa shape index (κ1) is 24.6. The number of piperidine rings is 1. The number of morpholine rings is 1. The molecule has 0 radical (unpaired) electrons. The summed E-state index contributed by atoms with van der Waals surface area (Å²) in [4.78, 5) is 31.6. The van der Waals surface area contributed by atoms with E-state index in [4.69, 9.17) is 4.74 Å². The molecule has 1 N–H and O–H groups in total. The number of carbonyl (C=O) groups is 2. The lowest BCUT2D eigenvalue weighted by atomic mass is 9.77. The van der Waals surface area contributed by atoms with E-state index >= 15 is 0 Å². The minimum atomic E-state index is 0.0290. The van der Waals surface area contributed by atoms with Crippen LogP contribution in [0.2, 0.25) is 0 Å². The van der Waals surface area contributed by atoms with E-state index in [2.05, 4.69) is 45.4 Å².